The minimum Gasteiger partial charge on any atom is -0.467 e. The molecule has 2 N–H and O–H groups in total. The molecule has 1 aliphatic rings. The maximum absolute atomic E-state index is 13.7. The van der Waals surface area contributed by atoms with Crippen LogP contribution in [0.4, 0.5) is 0 Å². The summed E-state index contributed by atoms with van der Waals surface area (Å²) in [5.41, 5.74) is 4.04. The molecule has 3 aromatic rings. The second-order valence-electron chi connectivity index (χ2n) is 10.9. The Morgan fingerprint density at radius 3 is 2.10 bits per heavy atom. The molecule has 0 aromatic heterocycles. The second-order valence-corrected chi connectivity index (χ2v) is 13.4. The summed E-state index contributed by atoms with van der Waals surface area (Å²) < 4.78 is 18.4. The number of nitrogens with one attached hydrogen (secondary N) is 1. The van der Waals surface area contributed by atoms with Crippen LogP contribution < -0.4 is 5.32 Å². The van der Waals surface area contributed by atoms with E-state index in [1.807, 2.05) is 84.9 Å². The molecule has 1 amide bonds. The van der Waals surface area contributed by atoms with E-state index in [2.05, 4.69) is 5.32 Å². The van der Waals surface area contributed by atoms with Crippen molar-refractivity contribution in [3.8, 4) is 11.1 Å². The SMILES string of the molecule is COC(=O)[C@@H](NC(=O)C(Cc1ccc(-c2ccccc2)cc1)CP(=O)(O)CCc1ccccc1)C1CCCCC1. The number of hydrogen-bond acceptors (Lipinski definition) is 4. The first kappa shape index (κ1) is 29.8. The first-order chi connectivity index (χ1) is 19.3. The molecule has 1 fully saturated rings. The van der Waals surface area contributed by atoms with E-state index in [9.17, 15) is 19.0 Å². The maximum Gasteiger partial charge on any atom is 0.328 e. The van der Waals surface area contributed by atoms with Gasteiger partial charge in [0.2, 0.25) is 13.3 Å². The molecule has 40 heavy (non-hydrogen) atoms. The summed E-state index contributed by atoms with van der Waals surface area (Å²) in [6, 6.07) is 26.8. The third kappa shape index (κ3) is 8.64. The number of esters is 1. The van der Waals surface area contributed by atoms with Crippen molar-refractivity contribution in [2.75, 3.05) is 19.4 Å². The summed E-state index contributed by atoms with van der Waals surface area (Å²) in [6.45, 7) is 0. The van der Waals surface area contributed by atoms with E-state index in [0.29, 0.717) is 12.8 Å². The zero-order chi connectivity index (χ0) is 28.4. The van der Waals surface area contributed by atoms with Gasteiger partial charge in [0.05, 0.1) is 13.0 Å². The fourth-order valence-electron chi connectivity index (χ4n) is 5.61. The first-order valence-electron chi connectivity index (χ1n) is 14.2. The van der Waals surface area contributed by atoms with Crippen molar-refractivity contribution in [2.24, 2.45) is 11.8 Å². The minimum absolute atomic E-state index is 0.00923. The van der Waals surface area contributed by atoms with E-state index in [1.165, 1.54) is 7.11 Å². The summed E-state index contributed by atoms with van der Waals surface area (Å²) in [6.07, 6.45) is 5.54. The molecule has 0 aliphatic heterocycles. The molecule has 7 heteroatoms. The van der Waals surface area contributed by atoms with Gasteiger partial charge in [0.1, 0.15) is 6.04 Å². The molecule has 4 rings (SSSR count). The fraction of sp³-hybridized carbons (Fsp3) is 0.394. The van der Waals surface area contributed by atoms with Crippen LogP contribution in [-0.4, -0.2) is 42.2 Å². The minimum atomic E-state index is -3.65. The number of hydrogen-bond donors (Lipinski definition) is 2. The van der Waals surface area contributed by atoms with Gasteiger partial charge in [0, 0.05) is 12.3 Å². The van der Waals surface area contributed by atoms with Gasteiger partial charge in [-0.25, -0.2) is 4.79 Å². The highest BCUT2D eigenvalue weighted by molar-refractivity contribution is 7.58. The van der Waals surface area contributed by atoms with Crippen LogP contribution in [0.15, 0.2) is 84.9 Å². The molecular weight excluding hydrogens is 521 g/mol. The van der Waals surface area contributed by atoms with Crippen molar-refractivity contribution >= 4 is 19.2 Å². The van der Waals surface area contributed by atoms with E-state index in [1.54, 1.807) is 0 Å². The third-order valence-corrected chi connectivity index (χ3v) is 9.82. The van der Waals surface area contributed by atoms with E-state index in [0.717, 1.165) is 54.4 Å². The third-order valence-electron chi connectivity index (χ3n) is 7.89. The fourth-order valence-corrected chi connectivity index (χ4v) is 7.38. The van der Waals surface area contributed by atoms with Crippen LogP contribution in [0.25, 0.3) is 11.1 Å². The van der Waals surface area contributed by atoms with Crippen molar-refractivity contribution in [1.29, 1.82) is 0 Å². The van der Waals surface area contributed by atoms with Crippen LogP contribution in [0.1, 0.15) is 43.2 Å². The summed E-state index contributed by atoms with van der Waals surface area (Å²) in [7, 11) is -2.31. The monoisotopic (exact) mass is 561 g/mol. The summed E-state index contributed by atoms with van der Waals surface area (Å²) in [5.74, 6) is -1.58. The molecule has 0 saturated heterocycles. The molecule has 0 bridgehead atoms. The van der Waals surface area contributed by atoms with Gasteiger partial charge in [0.25, 0.3) is 0 Å². The lowest BCUT2D eigenvalue weighted by Gasteiger charge is -2.30. The largest absolute Gasteiger partial charge is 0.467 e. The van der Waals surface area contributed by atoms with Crippen LogP contribution in [-0.2, 0) is 31.7 Å². The topological polar surface area (TPSA) is 92.7 Å². The van der Waals surface area contributed by atoms with Gasteiger partial charge in [-0.1, -0.05) is 104 Å². The van der Waals surface area contributed by atoms with Crippen LogP contribution in [0.5, 0.6) is 0 Å². The number of methoxy groups -OCH3 is 1. The predicted octanol–water partition coefficient (Wildman–Crippen LogP) is 6.26. The Kier molecular flexibility index (Phi) is 10.7. The average Bonchev–Trinajstić information content (AvgIpc) is 3.00. The predicted molar refractivity (Wildman–Crippen MR) is 159 cm³/mol. The van der Waals surface area contributed by atoms with Crippen molar-refractivity contribution < 1.29 is 23.8 Å². The van der Waals surface area contributed by atoms with Gasteiger partial charge in [-0.2, -0.15) is 0 Å². The first-order valence-corrected chi connectivity index (χ1v) is 16.2. The van der Waals surface area contributed by atoms with Gasteiger partial charge in [-0.05, 0) is 53.9 Å². The molecule has 1 saturated carbocycles. The maximum atomic E-state index is 13.7. The summed E-state index contributed by atoms with van der Waals surface area (Å²) >= 11 is 0. The lowest BCUT2D eigenvalue weighted by molar-refractivity contribution is -0.147. The van der Waals surface area contributed by atoms with Gasteiger partial charge in [-0.3, -0.25) is 9.36 Å². The molecule has 3 aromatic carbocycles. The Morgan fingerprint density at radius 2 is 1.48 bits per heavy atom. The number of carbonyl (C=O) groups is 2. The van der Waals surface area contributed by atoms with Gasteiger partial charge in [0.15, 0.2) is 0 Å². The molecule has 6 nitrogen and oxygen atoms in total. The van der Waals surface area contributed by atoms with Crippen LogP contribution in [0.2, 0.25) is 0 Å². The van der Waals surface area contributed by atoms with Gasteiger partial charge in [-0.15, -0.1) is 0 Å². The van der Waals surface area contributed by atoms with E-state index in [-0.39, 0.29) is 24.1 Å². The van der Waals surface area contributed by atoms with Crippen LogP contribution in [0, 0.1) is 11.8 Å². The highest BCUT2D eigenvalue weighted by Crippen LogP contribution is 2.44. The van der Waals surface area contributed by atoms with E-state index >= 15 is 0 Å². The molecule has 2 unspecified atom stereocenters. The number of ether oxygens (including phenoxy) is 1. The normalized spacial score (nSPS) is 16.9. The van der Waals surface area contributed by atoms with Gasteiger partial charge >= 0.3 is 5.97 Å². The molecular formula is C33H40NO5P. The van der Waals surface area contributed by atoms with E-state index < -0.39 is 25.3 Å². The number of aryl methyl sites for hydroxylation is 1. The molecule has 3 atom stereocenters. The summed E-state index contributed by atoms with van der Waals surface area (Å²) in [4.78, 5) is 37.4. The Bertz CT molecular complexity index is 1270. The number of rotatable bonds is 12. The lowest BCUT2D eigenvalue weighted by atomic mass is 9.83. The van der Waals surface area contributed by atoms with Crippen molar-refractivity contribution in [2.45, 2.75) is 51.0 Å². The van der Waals surface area contributed by atoms with Crippen LogP contribution in [0.3, 0.4) is 0 Å². The number of amides is 1. The summed E-state index contributed by atoms with van der Waals surface area (Å²) in [5, 5.41) is 2.95. The quantitative estimate of drug-likeness (QED) is 0.201. The zero-order valence-corrected chi connectivity index (χ0v) is 24.1. The lowest BCUT2D eigenvalue weighted by Crippen LogP contribution is -2.49. The highest BCUT2D eigenvalue weighted by atomic mass is 31.2. The molecule has 0 spiro atoms. The van der Waals surface area contributed by atoms with E-state index in [4.69, 9.17) is 4.74 Å². The van der Waals surface area contributed by atoms with Crippen molar-refractivity contribution in [3.63, 3.8) is 0 Å². The smallest absolute Gasteiger partial charge is 0.328 e. The zero-order valence-electron chi connectivity index (χ0n) is 23.2. The van der Waals surface area contributed by atoms with Crippen molar-refractivity contribution in [1.82, 2.24) is 5.32 Å². The number of benzene rings is 3. The Labute approximate surface area is 237 Å². The standard InChI is InChI=1S/C33H40NO5P/c1-39-33(36)31(29-15-9-4-10-16-29)34-32(35)30(24-40(37,38)22-21-25-11-5-2-6-12-25)23-26-17-19-28(20-18-26)27-13-7-3-8-14-27/h2-3,5-8,11-14,17-20,29-31H,4,9-10,15-16,21-24H2,1H3,(H,34,35)(H,37,38)/t30?,31-/m0/s1. The van der Waals surface area contributed by atoms with Crippen molar-refractivity contribution in [3.05, 3.63) is 96.1 Å². The van der Waals surface area contributed by atoms with Gasteiger partial charge < -0.3 is 14.9 Å². The number of carbonyl (C=O) groups excluding carboxylic acids is 2. The molecule has 0 heterocycles. The molecule has 1 aliphatic carbocycles. The highest BCUT2D eigenvalue weighted by Gasteiger charge is 2.35. The molecule has 0 radical (unpaired) electrons. The Balaban J connectivity index is 1.52. The second kappa shape index (κ2) is 14.4. The van der Waals surface area contributed by atoms with Crippen LogP contribution >= 0.6 is 7.37 Å². The molecule has 212 valence electrons. The Morgan fingerprint density at radius 1 is 0.875 bits per heavy atom. The average molecular weight is 562 g/mol. The Hall–Kier alpha value is -3.21.